The third-order valence-electron chi connectivity index (χ3n) is 8.08. The molecule has 1 spiro atoms. The maximum atomic E-state index is 12.7. The molecule has 5 aliphatic rings. The highest BCUT2D eigenvalue weighted by Gasteiger charge is 2.48. The molecule has 6 rings (SSSR count). The van der Waals surface area contributed by atoms with E-state index in [2.05, 4.69) is 60.9 Å². The predicted molar refractivity (Wildman–Crippen MR) is 123 cm³/mol. The molecule has 4 atom stereocenters. The Hall–Kier alpha value is -1.91. The van der Waals surface area contributed by atoms with E-state index in [1.54, 1.807) is 0 Å². The molecule has 1 aliphatic carbocycles. The van der Waals surface area contributed by atoms with Gasteiger partial charge in [0.2, 0.25) is 5.91 Å². The van der Waals surface area contributed by atoms with E-state index < -0.39 is 0 Å². The van der Waals surface area contributed by atoms with Crippen LogP contribution in [-0.4, -0.2) is 75.2 Å². The van der Waals surface area contributed by atoms with Crippen LogP contribution in [0, 0.1) is 11.3 Å². The van der Waals surface area contributed by atoms with Crippen molar-refractivity contribution in [2.45, 2.75) is 44.2 Å². The topological polar surface area (TPSA) is 92.9 Å². The Labute approximate surface area is 189 Å². The maximum Gasteiger partial charge on any atom is 0.242 e. The highest BCUT2D eigenvalue weighted by Crippen LogP contribution is 2.53. The van der Waals surface area contributed by atoms with Crippen LogP contribution in [0.3, 0.4) is 0 Å². The second-order valence-corrected chi connectivity index (χ2v) is 10.0. The fourth-order valence-corrected chi connectivity index (χ4v) is 5.76. The van der Waals surface area contributed by atoms with Crippen molar-refractivity contribution in [3.63, 3.8) is 0 Å². The number of hydrogen-bond acceptors (Lipinski definition) is 8. The number of hydrogen-bond donors (Lipinski definition) is 5. The third kappa shape index (κ3) is 4.08. The lowest BCUT2D eigenvalue weighted by Crippen LogP contribution is -2.77. The summed E-state index contributed by atoms with van der Waals surface area (Å²) in [5.41, 5.74) is 8.78. The van der Waals surface area contributed by atoms with Crippen LogP contribution in [0.4, 0.5) is 11.4 Å². The van der Waals surface area contributed by atoms with E-state index in [1.165, 1.54) is 31.4 Å². The van der Waals surface area contributed by atoms with Gasteiger partial charge in [-0.05, 0) is 55.4 Å². The zero-order valence-corrected chi connectivity index (χ0v) is 18.6. The number of carbonyl (C=O) groups is 1. The second kappa shape index (κ2) is 8.46. The zero-order chi connectivity index (χ0) is 21.5. The minimum absolute atomic E-state index is 0.0257. The first-order chi connectivity index (χ1) is 15.7. The zero-order valence-electron chi connectivity index (χ0n) is 18.6. The van der Waals surface area contributed by atoms with Crippen LogP contribution < -0.4 is 31.7 Å². The molecule has 1 aromatic rings. The van der Waals surface area contributed by atoms with Crippen molar-refractivity contribution in [1.82, 2.24) is 26.4 Å². The minimum Gasteiger partial charge on any atom is -0.378 e. The van der Waals surface area contributed by atoms with E-state index in [-0.39, 0.29) is 30.3 Å². The van der Waals surface area contributed by atoms with Crippen molar-refractivity contribution >= 4 is 17.3 Å². The Morgan fingerprint density at radius 2 is 1.72 bits per heavy atom. The lowest BCUT2D eigenvalue weighted by atomic mass is 9.90. The van der Waals surface area contributed by atoms with Gasteiger partial charge in [-0.25, -0.2) is 5.43 Å². The Kier molecular flexibility index (Phi) is 5.47. The van der Waals surface area contributed by atoms with Crippen LogP contribution >= 0.6 is 0 Å². The number of hydrazine groups is 1. The van der Waals surface area contributed by atoms with Crippen molar-refractivity contribution in [2.75, 3.05) is 56.2 Å². The average Bonchev–Trinajstić information content (AvgIpc) is 3.59. The normalized spacial score (nSPS) is 34.6. The molecular formula is C23H35N7O2. The van der Waals surface area contributed by atoms with Crippen LogP contribution in [0.15, 0.2) is 24.3 Å². The quantitative estimate of drug-likeness (QED) is 0.454. The van der Waals surface area contributed by atoms with Gasteiger partial charge in [0, 0.05) is 50.1 Å². The summed E-state index contributed by atoms with van der Waals surface area (Å²) in [5, 5.41) is 11.0. The first kappa shape index (κ1) is 20.7. The number of carbonyl (C=O) groups excluding carboxylic acids is 1. The summed E-state index contributed by atoms with van der Waals surface area (Å²) in [7, 11) is 0. The summed E-state index contributed by atoms with van der Waals surface area (Å²) in [6.45, 7) is 6.37. The van der Waals surface area contributed by atoms with Crippen molar-refractivity contribution in [2.24, 2.45) is 11.3 Å². The van der Waals surface area contributed by atoms with Crippen molar-refractivity contribution in [3.05, 3.63) is 24.3 Å². The molecule has 9 nitrogen and oxygen atoms in total. The van der Waals surface area contributed by atoms with E-state index in [0.717, 1.165) is 51.6 Å². The molecule has 5 N–H and O–H groups in total. The van der Waals surface area contributed by atoms with E-state index >= 15 is 0 Å². The first-order valence-corrected chi connectivity index (χ1v) is 12.2. The van der Waals surface area contributed by atoms with Gasteiger partial charge in [-0.1, -0.05) is 0 Å². The second-order valence-electron chi connectivity index (χ2n) is 10.0. The molecular weight excluding hydrogens is 406 g/mol. The van der Waals surface area contributed by atoms with E-state index in [9.17, 15) is 4.79 Å². The number of benzene rings is 1. The molecule has 1 saturated carbocycles. The highest BCUT2D eigenvalue weighted by atomic mass is 16.5. The van der Waals surface area contributed by atoms with Crippen LogP contribution in [0.1, 0.15) is 25.7 Å². The fraction of sp³-hybridized carbons (Fsp3) is 0.696. The van der Waals surface area contributed by atoms with Crippen LogP contribution in [0.2, 0.25) is 0 Å². The molecule has 4 unspecified atom stereocenters. The van der Waals surface area contributed by atoms with Crippen molar-refractivity contribution in [1.29, 1.82) is 0 Å². The number of nitrogens with one attached hydrogen (secondary N) is 5. The largest absolute Gasteiger partial charge is 0.378 e. The van der Waals surface area contributed by atoms with E-state index in [1.807, 2.05) is 0 Å². The SMILES string of the molecule is O=C1NNCC2NC(N3CCC4(CC3)CC4)NC(Nc3ccc(N4CCOCC4)cc3)C12. The number of nitrogens with zero attached hydrogens (tertiary/aromatic N) is 2. The summed E-state index contributed by atoms with van der Waals surface area (Å²) in [6, 6.07) is 8.64. The summed E-state index contributed by atoms with van der Waals surface area (Å²) < 4.78 is 5.47. The van der Waals surface area contributed by atoms with Crippen LogP contribution in [-0.2, 0) is 9.53 Å². The van der Waals surface area contributed by atoms with Gasteiger partial charge in [-0.3, -0.25) is 25.8 Å². The van der Waals surface area contributed by atoms with Gasteiger partial charge in [-0.15, -0.1) is 0 Å². The van der Waals surface area contributed by atoms with Gasteiger partial charge < -0.3 is 15.0 Å². The number of ether oxygens (including phenoxy) is 1. The van der Waals surface area contributed by atoms with Gasteiger partial charge in [0.15, 0.2) is 0 Å². The lowest BCUT2D eigenvalue weighted by Gasteiger charge is -2.49. The number of anilines is 2. The molecule has 4 saturated heterocycles. The molecule has 32 heavy (non-hydrogen) atoms. The molecule has 1 aromatic carbocycles. The van der Waals surface area contributed by atoms with Gasteiger partial charge in [0.05, 0.1) is 25.3 Å². The molecule has 0 aromatic heterocycles. The first-order valence-electron chi connectivity index (χ1n) is 12.2. The van der Waals surface area contributed by atoms with Gasteiger partial charge in [0.1, 0.15) is 6.29 Å². The number of fused-ring (bicyclic) bond motifs is 1. The number of morpholine rings is 1. The Morgan fingerprint density at radius 3 is 2.44 bits per heavy atom. The third-order valence-corrected chi connectivity index (χ3v) is 8.08. The van der Waals surface area contributed by atoms with Gasteiger partial charge in [-0.2, -0.15) is 0 Å². The number of amides is 1. The van der Waals surface area contributed by atoms with Gasteiger partial charge in [0.25, 0.3) is 0 Å². The Balaban J connectivity index is 1.16. The molecule has 4 heterocycles. The molecule has 4 aliphatic heterocycles. The van der Waals surface area contributed by atoms with E-state index in [0.29, 0.717) is 5.41 Å². The van der Waals surface area contributed by atoms with Gasteiger partial charge >= 0.3 is 0 Å². The molecule has 9 heteroatoms. The van der Waals surface area contributed by atoms with Crippen molar-refractivity contribution < 1.29 is 9.53 Å². The smallest absolute Gasteiger partial charge is 0.242 e. The standard InChI is InChI=1S/C23H35N7O2/c31-21-19-18(15-24-28-21)26-22(30-9-7-23(5-6-23)8-10-30)27-20(19)25-16-1-3-17(4-2-16)29-11-13-32-14-12-29/h1-4,18-20,22,24-27H,5-15H2,(H,28,31). The lowest BCUT2D eigenvalue weighted by molar-refractivity contribution is -0.132. The molecule has 0 bridgehead atoms. The summed E-state index contributed by atoms with van der Waals surface area (Å²) in [5.74, 6) is -0.163. The summed E-state index contributed by atoms with van der Waals surface area (Å²) >= 11 is 0. The number of piperidine rings is 1. The monoisotopic (exact) mass is 441 g/mol. The fourth-order valence-electron chi connectivity index (χ4n) is 5.76. The highest BCUT2D eigenvalue weighted by molar-refractivity contribution is 5.81. The Bertz CT molecular complexity index is 814. The molecule has 174 valence electrons. The van der Waals surface area contributed by atoms with E-state index in [4.69, 9.17) is 4.74 Å². The number of rotatable bonds is 4. The summed E-state index contributed by atoms with van der Waals surface area (Å²) in [4.78, 5) is 17.6. The summed E-state index contributed by atoms with van der Waals surface area (Å²) in [6.07, 6.45) is 5.34. The molecule has 1 amide bonds. The number of likely N-dealkylation sites (tertiary alicyclic amines) is 1. The van der Waals surface area contributed by atoms with Crippen molar-refractivity contribution in [3.8, 4) is 0 Å². The van der Waals surface area contributed by atoms with Crippen LogP contribution in [0.5, 0.6) is 0 Å². The minimum atomic E-state index is -0.189. The average molecular weight is 442 g/mol. The predicted octanol–water partition coefficient (Wildman–Crippen LogP) is 0.233. The molecule has 0 radical (unpaired) electrons. The van der Waals surface area contributed by atoms with Crippen LogP contribution in [0.25, 0.3) is 0 Å². The Morgan fingerprint density at radius 1 is 0.969 bits per heavy atom. The maximum absolute atomic E-state index is 12.7. The molecule has 5 fully saturated rings.